The van der Waals surface area contributed by atoms with Crippen LogP contribution in [0, 0.1) is 0 Å². The molecule has 0 saturated carbocycles. The number of nitrogens with zero attached hydrogens (tertiary/aromatic N) is 1. The van der Waals surface area contributed by atoms with Crippen molar-refractivity contribution < 1.29 is 19.1 Å². The van der Waals surface area contributed by atoms with Gasteiger partial charge in [0.2, 0.25) is 5.91 Å². The highest BCUT2D eigenvalue weighted by Gasteiger charge is 2.35. The standard InChI is InChI=1S/C20H15Cl2NO4/c1-11(24)14-4-6-19-15(8-14)16(20(26)23(19)12(2)25)10-27-9-13-3-5-17(21)18(22)7-13/h3-8,10H,9H2,1-2H3. The van der Waals surface area contributed by atoms with E-state index in [1.165, 1.54) is 20.1 Å². The molecule has 138 valence electrons. The molecule has 0 aliphatic carbocycles. The molecule has 2 aromatic carbocycles. The number of amides is 2. The van der Waals surface area contributed by atoms with Gasteiger partial charge in [-0.15, -0.1) is 0 Å². The Balaban J connectivity index is 1.92. The number of fused-ring (bicyclic) bond motifs is 1. The Labute approximate surface area is 166 Å². The average molecular weight is 404 g/mol. The smallest absolute Gasteiger partial charge is 0.268 e. The second-order valence-corrected chi connectivity index (χ2v) is 6.85. The summed E-state index contributed by atoms with van der Waals surface area (Å²) in [4.78, 5) is 37.3. The van der Waals surface area contributed by atoms with Crippen LogP contribution in [0.1, 0.15) is 35.3 Å². The van der Waals surface area contributed by atoms with E-state index in [1.54, 1.807) is 36.4 Å². The number of carbonyl (C=O) groups excluding carboxylic acids is 3. The number of imide groups is 1. The van der Waals surface area contributed by atoms with Crippen molar-refractivity contribution in [2.75, 3.05) is 4.90 Å². The summed E-state index contributed by atoms with van der Waals surface area (Å²) in [6.45, 7) is 2.90. The molecular weight excluding hydrogens is 389 g/mol. The molecular formula is C20H15Cl2NO4. The van der Waals surface area contributed by atoms with Gasteiger partial charge in [-0.2, -0.15) is 0 Å². The SMILES string of the molecule is CC(=O)c1ccc2c(c1)C(=COCc1ccc(Cl)c(Cl)c1)C(=O)N2C(C)=O. The molecule has 3 rings (SSSR count). The van der Waals surface area contributed by atoms with Gasteiger partial charge in [0.25, 0.3) is 5.91 Å². The lowest BCUT2D eigenvalue weighted by Crippen LogP contribution is -2.31. The molecule has 0 unspecified atom stereocenters. The van der Waals surface area contributed by atoms with Crippen molar-refractivity contribution in [3.05, 3.63) is 69.4 Å². The lowest BCUT2D eigenvalue weighted by atomic mass is 10.0. The third-order valence-corrected chi connectivity index (χ3v) is 4.86. The van der Waals surface area contributed by atoms with Crippen LogP contribution in [-0.2, 0) is 20.9 Å². The largest absolute Gasteiger partial charge is 0.496 e. The first-order valence-electron chi connectivity index (χ1n) is 8.05. The van der Waals surface area contributed by atoms with Crippen molar-refractivity contribution in [3.63, 3.8) is 0 Å². The first-order valence-corrected chi connectivity index (χ1v) is 8.81. The Morgan fingerprint density at radius 2 is 1.81 bits per heavy atom. The summed E-state index contributed by atoms with van der Waals surface area (Å²) < 4.78 is 5.55. The van der Waals surface area contributed by atoms with Gasteiger partial charge in [0.1, 0.15) is 6.61 Å². The van der Waals surface area contributed by atoms with Crippen LogP contribution in [0.25, 0.3) is 5.57 Å². The zero-order valence-corrected chi connectivity index (χ0v) is 16.1. The van der Waals surface area contributed by atoms with E-state index in [-0.39, 0.29) is 18.0 Å². The third kappa shape index (κ3) is 3.75. The first kappa shape index (κ1) is 19.1. The van der Waals surface area contributed by atoms with E-state index >= 15 is 0 Å². The van der Waals surface area contributed by atoms with Crippen LogP contribution in [-0.4, -0.2) is 17.6 Å². The highest BCUT2D eigenvalue weighted by atomic mass is 35.5. The molecule has 7 heteroatoms. The molecule has 0 atom stereocenters. The maximum atomic E-state index is 12.7. The van der Waals surface area contributed by atoms with Gasteiger partial charge in [0.05, 0.1) is 27.6 Å². The Kier molecular flexibility index (Phi) is 5.35. The summed E-state index contributed by atoms with van der Waals surface area (Å²) in [5, 5.41) is 0.842. The highest BCUT2D eigenvalue weighted by Crippen LogP contribution is 2.37. The van der Waals surface area contributed by atoms with Crippen LogP contribution in [0.5, 0.6) is 0 Å². The summed E-state index contributed by atoms with van der Waals surface area (Å²) in [5.74, 6) is -1.04. The van der Waals surface area contributed by atoms with Crippen molar-refractivity contribution in [1.29, 1.82) is 0 Å². The molecule has 27 heavy (non-hydrogen) atoms. The normalized spacial score (nSPS) is 14.4. The minimum Gasteiger partial charge on any atom is -0.496 e. The zero-order chi connectivity index (χ0) is 19.7. The van der Waals surface area contributed by atoms with Gasteiger partial charge in [-0.05, 0) is 42.8 Å². The van der Waals surface area contributed by atoms with Crippen molar-refractivity contribution in [2.24, 2.45) is 0 Å². The lowest BCUT2D eigenvalue weighted by molar-refractivity contribution is -0.122. The van der Waals surface area contributed by atoms with Crippen LogP contribution in [0.2, 0.25) is 10.0 Å². The Morgan fingerprint density at radius 3 is 2.44 bits per heavy atom. The van der Waals surface area contributed by atoms with Crippen molar-refractivity contribution >= 4 is 52.1 Å². The fraction of sp³-hybridized carbons (Fsp3) is 0.150. The van der Waals surface area contributed by atoms with E-state index < -0.39 is 11.8 Å². The maximum Gasteiger partial charge on any atom is 0.268 e. The molecule has 1 aliphatic rings. The molecule has 1 aliphatic heterocycles. The summed E-state index contributed by atoms with van der Waals surface area (Å²) in [7, 11) is 0. The van der Waals surface area contributed by atoms with Gasteiger partial charge in [-0.25, -0.2) is 4.90 Å². The number of anilines is 1. The van der Waals surface area contributed by atoms with Crippen molar-refractivity contribution in [3.8, 4) is 0 Å². The van der Waals surface area contributed by atoms with Gasteiger partial charge in [0.15, 0.2) is 5.78 Å². The minimum absolute atomic E-state index is 0.136. The summed E-state index contributed by atoms with van der Waals surface area (Å²) in [6.07, 6.45) is 1.30. The molecule has 5 nitrogen and oxygen atoms in total. The Bertz CT molecular complexity index is 997. The third-order valence-electron chi connectivity index (χ3n) is 4.12. The second-order valence-electron chi connectivity index (χ2n) is 6.04. The number of rotatable bonds is 4. The molecule has 2 aromatic rings. The topological polar surface area (TPSA) is 63.7 Å². The average Bonchev–Trinajstić information content (AvgIpc) is 2.89. The molecule has 1 heterocycles. The van der Waals surface area contributed by atoms with Gasteiger partial charge in [-0.3, -0.25) is 14.4 Å². The summed E-state index contributed by atoms with van der Waals surface area (Å²) in [5.41, 5.74) is 2.34. The van der Waals surface area contributed by atoms with Crippen LogP contribution in [0.15, 0.2) is 42.7 Å². The van der Waals surface area contributed by atoms with Gasteiger partial charge in [0, 0.05) is 18.1 Å². The number of hydrogen-bond acceptors (Lipinski definition) is 4. The van der Waals surface area contributed by atoms with Crippen LogP contribution in [0.3, 0.4) is 0 Å². The monoisotopic (exact) mass is 403 g/mol. The predicted molar refractivity (Wildman–Crippen MR) is 104 cm³/mol. The second kappa shape index (κ2) is 7.55. The molecule has 0 spiro atoms. The summed E-state index contributed by atoms with van der Waals surface area (Å²) >= 11 is 11.9. The van der Waals surface area contributed by atoms with E-state index in [9.17, 15) is 14.4 Å². The number of Topliss-reactive ketones (excluding diaryl/α,β-unsaturated/α-hetero) is 1. The number of carbonyl (C=O) groups is 3. The van der Waals surface area contributed by atoms with Gasteiger partial charge < -0.3 is 4.74 Å². The zero-order valence-electron chi connectivity index (χ0n) is 14.6. The molecule has 0 fully saturated rings. The number of halogens is 2. The van der Waals surface area contributed by atoms with Gasteiger partial charge in [-0.1, -0.05) is 29.3 Å². The highest BCUT2D eigenvalue weighted by molar-refractivity contribution is 6.42. The molecule has 0 radical (unpaired) electrons. The van der Waals surface area contributed by atoms with E-state index in [4.69, 9.17) is 27.9 Å². The molecule has 0 bridgehead atoms. The molecule has 0 N–H and O–H groups in total. The van der Waals surface area contributed by atoms with Crippen molar-refractivity contribution in [1.82, 2.24) is 0 Å². The van der Waals surface area contributed by atoms with Crippen molar-refractivity contribution in [2.45, 2.75) is 20.5 Å². The fourth-order valence-corrected chi connectivity index (χ4v) is 3.11. The van der Waals surface area contributed by atoms with Crippen LogP contribution >= 0.6 is 23.2 Å². The Morgan fingerprint density at radius 1 is 1.07 bits per heavy atom. The number of ketones is 1. The van der Waals surface area contributed by atoms with Gasteiger partial charge >= 0.3 is 0 Å². The molecule has 0 saturated heterocycles. The number of ether oxygens (including phenoxy) is 1. The van der Waals surface area contributed by atoms with Crippen LogP contribution in [0.4, 0.5) is 5.69 Å². The Hall–Kier alpha value is -2.63. The molecule has 0 aromatic heterocycles. The van der Waals surface area contributed by atoms with E-state index in [0.29, 0.717) is 26.9 Å². The fourth-order valence-electron chi connectivity index (χ4n) is 2.79. The quantitative estimate of drug-likeness (QED) is 0.423. The number of hydrogen-bond donors (Lipinski definition) is 0. The lowest BCUT2D eigenvalue weighted by Gasteiger charge is -2.12. The van der Waals surface area contributed by atoms with E-state index in [2.05, 4.69) is 0 Å². The summed E-state index contributed by atoms with van der Waals surface area (Å²) in [6, 6.07) is 9.85. The molecule has 2 amide bonds. The van der Waals surface area contributed by atoms with Crippen LogP contribution < -0.4 is 4.90 Å². The predicted octanol–water partition coefficient (Wildman–Crippen LogP) is 4.65. The first-order chi connectivity index (χ1) is 12.8. The van der Waals surface area contributed by atoms with E-state index in [1.807, 2.05) is 0 Å². The maximum absolute atomic E-state index is 12.7. The van der Waals surface area contributed by atoms with E-state index in [0.717, 1.165) is 10.5 Å². The number of benzene rings is 2. The minimum atomic E-state index is -0.493.